The van der Waals surface area contributed by atoms with Crippen LogP contribution in [0.5, 0.6) is 0 Å². The first-order valence-corrected chi connectivity index (χ1v) is 10.4. The molecule has 0 radical (unpaired) electrons. The zero-order valence-electron chi connectivity index (χ0n) is 15.2. The van der Waals surface area contributed by atoms with Crippen LogP contribution in [0.15, 0.2) is 53.4 Å². The van der Waals surface area contributed by atoms with Gasteiger partial charge in [0, 0.05) is 32.6 Å². The first-order chi connectivity index (χ1) is 13.4. The maximum Gasteiger partial charge on any atom is 0.244 e. The quantitative estimate of drug-likeness (QED) is 0.769. The molecular formula is C20H20FN3O3S. The van der Waals surface area contributed by atoms with Crippen LogP contribution in [0.25, 0.3) is 0 Å². The van der Waals surface area contributed by atoms with Gasteiger partial charge >= 0.3 is 0 Å². The molecule has 0 atom stereocenters. The van der Waals surface area contributed by atoms with E-state index in [9.17, 15) is 17.6 Å². The Balaban J connectivity index is 1.60. The summed E-state index contributed by atoms with van der Waals surface area (Å²) in [6, 6.07) is 14.3. The molecule has 0 unspecified atom stereocenters. The molecule has 0 aliphatic carbocycles. The van der Waals surface area contributed by atoms with Crippen LogP contribution >= 0.6 is 0 Å². The van der Waals surface area contributed by atoms with Gasteiger partial charge in [0.05, 0.1) is 10.5 Å². The van der Waals surface area contributed by atoms with Crippen molar-refractivity contribution in [2.24, 2.45) is 0 Å². The van der Waals surface area contributed by atoms with Gasteiger partial charge in [-0.15, -0.1) is 0 Å². The summed E-state index contributed by atoms with van der Waals surface area (Å²) in [6.07, 6.45) is 0.477. The maximum atomic E-state index is 13.7. The molecule has 1 fully saturated rings. The van der Waals surface area contributed by atoms with Crippen LogP contribution in [0.2, 0.25) is 0 Å². The van der Waals surface area contributed by atoms with Crippen LogP contribution in [-0.4, -0.2) is 49.7 Å². The zero-order valence-corrected chi connectivity index (χ0v) is 16.0. The molecule has 1 heterocycles. The summed E-state index contributed by atoms with van der Waals surface area (Å²) in [7, 11) is -3.79. The summed E-state index contributed by atoms with van der Waals surface area (Å²) in [6.45, 7) is 0.856. The Morgan fingerprint density at radius 3 is 2.36 bits per heavy atom. The number of benzene rings is 2. The first-order valence-electron chi connectivity index (χ1n) is 8.94. The lowest BCUT2D eigenvalue weighted by molar-refractivity contribution is -0.132. The zero-order chi connectivity index (χ0) is 20.1. The molecule has 6 nitrogen and oxygen atoms in total. The van der Waals surface area contributed by atoms with Crippen LogP contribution in [0, 0.1) is 17.1 Å². The molecule has 146 valence electrons. The van der Waals surface area contributed by atoms with E-state index >= 15 is 0 Å². The highest BCUT2D eigenvalue weighted by molar-refractivity contribution is 7.89. The number of halogens is 1. The lowest BCUT2D eigenvalue weighted by Crippen LogP contribution is -2.50. The predicted molar refractivity (Wildman–Crippen MR) is 101 cm³/mol. The first kappa shape index (κ1) is 20.0. The Hall–Kier alpha value is -2.76. The fourth-order valence-corrected chi connectivity index (χ4v) is 4.77. The third-order valence-corrected chi connectivity index (χ3v) is 6.74. The predicted octanol–water partition coefficient (Wildman–Crippen LogP) is 2.16. The van der Waals surface area contributed by atoms with Crippen molar-refractivity contribution in [2.45, 2.75) is 17.7 Å². The molecule has 0 bridgehead atoms. The summed E-state index contributed by atoms with van der Waals surface area (Å²) in [5, 5.41) is 9.15. The van der Waals surface area contributed by atoms with E-state index < -0.39 is 10.0 Å². The molecule has 2 aromatic rings. The molecule has 0 aromatic heterocycles. The van der Waals surface area contributed by atoms with E-state index in [-0.39, 0.29) is 54.8 Å². The molecule has 0 spiro atoms. The van der Waals surface area contributed by atoms with Crippen molar-refractivity contribution in [3.63, 3.8) is 0 Å². The van der Waals surface area contributed by atoms with Crippen LogP contribution in [0.4, 0.5) is 4.39 Å². The van der Waals surface area contributed by atoms with E-state index in [4.69, 9.17) is 5.26 Å². The fraction of sp³-hybridized carbons (Fsp3) is 0.300. The van der Waals surface area contributed by atoms with Crippen LogP contribution in [0.1, 0.15) is 17.5 Å². The number of sulfonamides is 1. The molecule has 0 N–H and O–H groups in total. The van der Waals surface area contributed by atoms with Crippen molar-refractivity contribution in [2.75, 3.05) is 26.2 Å². The smallest absolute Gasteiger partial charge is 0.244 e. The number of rotatable bonds is 5. The number of nitriles is 1. The van der Waals surface area contributed by atoms with Crippen molar-refractivity contribution in [1.29, 1.82) is 5.26 Å². The van der Waals surface area contributed by atoms with Crippen molar-refractivity contribution < 1.29 is 17.6 Å². The summed E-state index contributed by atoms with van der Waals surface area (Å²) < 4.78 is 40.6. The monoisotopic (exact) mass is 401 g/mol. The summed E-state index contributed by atoms with van der Waals surface area (Å²) in [5.41, 5.74) is 0.594. The Morgan fingerprint density at radius 2 is 1.68 bits per heavy atom. The van der Waals surface area contributed by atoms with Crippen LogP contribution in [-0.2, 0) is 21.2 Å². The lowest BCUT2D eigenvalue weighted by atomic mass is 10.1. The topological polar surface area (TPSA) is 81.5 Å². The van der Waals surface area contributed by atoms with Gasteiger partial charge in [0.15, 0.2) is 0 Å². The van der Waals surface area contributed by atoms with E-state index in [1.807, 2.05) is 6.07 Å². The van der Waals surface area contributed by atoms with E-state index in [1.54, 1.807) is 35.2 Å². The number of hydrogen-bond donors (Lipinski definition) is 0. The van der Waals surface area contributed by atoms with Gasteiger partial charge in [-0.1, -0.05) is 30.3 Å². The SMILES string of the molecule is N#Cc1ccccc1S(=O)(=O)N1CCN(C(=O)CCc2ccccc2F)CC1. The Kier molecular flexibility index (Phi) is 6.07. The molecule has 1 aliphatic heterocycles. The molecule has 3 rings (SSSR count). The normalized spacial score (nSPS) is 15.2. The molecule has 1 amide bonds. The van der Waals surface area contributed by atoms with E-state index in [2.05, 4.69) is 0 Å². The minimum absolute atomic E-state index is 0.0168. The second kappa shape index (κ2) is 8.50. The summed E-state index contributed by atoms with van der Waals surface area (Å²) in [5.74, 6) is -0.458. The molecule has 1 aliphatic rings. The fourth-order valence-electron chi connectivity index (χ4n) is 3.20. The summed E-state index contributed by atoms with van der Waals surface area (Å²) in [4.78, 5) is 14.0. The van der Waals surface area contributed by atoms with Gasteiger partial charge in [0.1, 0.15) is 11.9 Å². The average molecular weight is 401 g/mol. The van der Waals surface area contributed by atoms with Gasteiger partial charge in [-0.25, -0.2) is 12.8 Å². The Bertz CT molecular complexity index is 1010. The number of nitrogens with zero attached hydrogens (tertiary/aromatic N) is 3. The van der Waals surface area contributed by atoms with E-state index in [0.717, 1.165) is 0 Å². The second-order valence-electron chi connectivity index (χ2n) is 6.48. The standard InChI is InChI=1S/C20H20FN3O3S/c21-18-7-3-1-5-16(18)9-10-20(25)23-11-13-24(14-12-23)28(26,27)19-8-4-2-6-17(19)15-22/h1-8H,9-14H2. The third kappa shape index (κ3) is 4.21. The highest BCUT2D eigenvalue weighted by Gasteiger charge is 2.31. The van der Waals surface area contributed by atoms with Crippen molar-refractivity contribution in [3.8, 4) is 6.07 Å². The van der Waals surface area contributed by atoms with Crippen LogP contribution < -0.4 is 0 Å². The van der Waals surface area contributed by atoms with E-state index in [0.29, 0.717) is 12.0 Å². The van der Waals surface area contributed by atoms with Gasteiger partial charge in [0.2, 0.25) is 15.9 Å². The highest BCUT2D eigenvalue weighted by atomic mass is 32.2. The second-order valence-corrected chi connectivity index (χ2v) is 8.39. The number of carbonyl (C=O) groups excluding carboxylic acids is 1. The van der Waals surface area contributed by atoms with Gasteiger partial charge in [-0.05, 0) is 30.2 Å². The lowest BCUT2D eigenvalue weighted by Gasteiger charge is -2.34. The molecule has 8 heteroatoms. The maximum absolute atomic E-state index is 13.7. The Morgan fingerprint density at radius 1 is 1.04 bits per heavy atom. The van der Waals surface area contributed by atoms with Crippen LogP contribution in [0.3, 0.4) is 0 Å². The van der Waals surface area contributed by atoms with Crippen molar-refractivity contribution >= 4 is 15.9 Å². The Labute approximate surface area is 163 Å². The number of aryl methyl sites for hydroxylation is 1. The van der Waals surface area contributed by atoms with Gasteiger partial charge in [-0.3, -0.25) is 4.79 Å². The van der Waals surface area contributed by atoms with Gasteiger partial charge in [0.25, 0.3) is 0 Å². The van der Waals surface area contributed by atoms with Gasteiger partial charge in [-0.2, -0.15) is 9.57 Å². The van der Waals surface area contributed by atoms with Crippen molar-refractivity contribution in [1.82, 2.24) is 9.21 Å². The molecule has 2 aromatic carbocycles. The molecule has 28 heavy (non-hydrogen) atoms. The minimum atomic E-state index is -3.79. The highest BCUT2D eigenvalue weighted by Crippen LogP contribution is 2.21. The number of carbonyl (C=O) groups is 1. The number of amides is 1. The molecule has 0 saturated carbocycles. The minimum Gasteiger partial charge on any atom is -0.340 e. The number of piperazine rings is 1. The molecule has 1 saturated heterocycles. The third-order valence-electron chi connectivity index (χ3n) is 4.78. The largest absolute Gasteiger partial charge is 0.340 e. The van der Waals surface area contributed by atoms with Gasteiger partial charge < -0.3 is 4.90 Å². The number of hydrogen-bond acceptors (Lipinski definition) is 4. The van der Waals surface area contributed by atoms with E-state index in [1.165, 1.54) is 22.5 Å². The summed E-state index contributed by atoms with van der Waals surface area (Å²) >= 11 is 0. The average Bonchev–Trinajstić information content (AvgIpc) is 2.73. The molecular weight excluding hydrogens is 381 g/mol. The van der Waals surface area contributed by atoms with Crippen molar-refractivity contribution in [3.05, 3.63) is 65.5 Å².